The Balaban J connectivity index is 1.88. The van der Waals surface area contributed by atoms with Crippen LogP contribution in [0, 0.1) is 0 Å². The molecule has 0 atom stereocenters. The molecule has 2 aromatic rings. The van der Waals surface area contributed by atoms with Crippen LogP contribution in [0.1, 0.15) is 16.1 Å². The second kappa shape index (κ2) is 6.12. The molecule has 0 aliphatic heterocycles. The van der Waals surface area contributed by atoms with E-state index in [2.05, 4.69) is 15.3 Å². The van der Waals surface area contributed by atoms with Crippen molar-refractivity contribution in [1.82, 2.24) is 15.3 Å². The molecular formula is C13H12ClN3O. The zero-order chi connectivity index (χ0) is 12.8. The molecule has 0 spiro atoms. The van der Waals surface area contributed by atoms with Crippen molar-refractivity contribution in [2.24, 2.45) is 0 Å². The van der Waals surface area contributed by atoms with Crippen LogP contribution < -0.4 is 5.32 Å². The van der Waals surface area contributed by atoms with Gasteiger partial charge < -0.3 is 5.32 Å². The molecule has 0 unspecified atom stereocenters. The number of pyridine rings is 2. The number of carbonyl (C=O) groups excluding carboxylic acids is 1. The first-order valence-electron chi connectivity index (χ1n) is 5.56. The van der Waals surface area contributed by atoms with Gasteiger partial charge in [-0.05, 0) is 24.3 Å². The summed E-state index contributed by atoms with van der Waals surface area (Å²) in [6.45, 7) is 0.515. The lowest BCUT2D eigenvalue weighted by Crippen LogP contribution is -2.26. The van der Waals surface area contributed by atoms with Gasteiger partial charge in [0.2, 0.25) is 0 Å². The minimum Gasteiger partial charge on any atom is -0.352 e. The third-order valence-electron chi connectivity index (χ3n) is 2.40. The van der Waals surface area contributed by atoms with E-state index in [0.29, 0.717) is 18.5 Å². The fourth-order valence-corrected chi connectivity index (χ4v) is 1.71. The largest absolute Gasteiger partial charge is 0.352 e. The summed E-state index contributed by atoms with van der Waals surface area (Å²) in [6.07, 6.45) is 3.96. The van der Waals surface area contributed by atoms with Gasteiger partial charge in [-0.2, -0.15) is 0 Å². The molecule has 2 aromatic heterocycles. The molecule has 0 saturated carbocycles. The average molecular weight is 262 g/mol. The molecule has 4 nitrogen and oxygen atoms in total. The number of amides is 1. The zero-order valence-corrected chi connectivity index (χ0v) is 10.4. The minimum atomic E-state index is -0.218. The van der Waals surface area contributed by atoms with E-state index in [1.165, 1.54) is 0 Å². The highest BCUT2D eigenvalue weighted by molar-refractivity contribution is 6.32. The summed E-state index contributed by atoms with van der Waals surface area (Å²) in [6, 6.07) is 9.02. The van der Waals surface area contributed by atoms with Crippen molar-refractivity contribution < 1.29 is 4.79 Å². The number of halogens is 1. The van der Waals surface area contributed by atoms with Gasteiger partial charge in [-0.25, -0.2) is 4.98 Å². The summed E-state index contributed by atoms with van der Waals surface area (Å²) in [5.41, 5.74) is 1.33. The van der Waals surface area contributed by atoms with Gasteiger partial charge in [-0.3, -0.25) is 9.78 Å². The van der Waals surface area contributed by atoms with Crippen LogP contribution in [0.4, 0.5) is 0 Å². The lowest BCUT2D eigenvalue weighted by Gasteiger charge is -2.05. The van der Waals surface area contributed by atoms with Crippen LogP contribution in [0.3, 0.4) is 0 Å². The number of nitrogens with zero attached hydrogens (tertiary/aromatic N) is 2. The van der Waals surface area contributed by atoms with Crippen molar-refractivity contribution in [3.05, 3.63) is 59.1 Å². The molecule has 1 amide bonds. The van der Waals surface area contributed by atoms with Crippen LogP contribution in [0.5, 0.6) is 0 Å². The zero-order valence-electron chi connectivity index (χ0n) is 9.64. The van der Waals surface area contributed by atoms with Crippen molar-refractivity contribution in [2.75, 3.05) is 6.54 Å². The van der Waals surface area contributed by atoms with Crippen molar-refractivity contribution in [2.45, 2.75) is 6.42 Å². The van der Waals surface area contributed by atoms with Crippen LogP contribution in [-0.2, 0) is 6.42 Å². The number of hydrogen-bond acceptors (Lipinski definition) is 3. The van der Waals surface area contributed by atoms with Crippen LogP contribution >= 0.6 is 11.6 Å². The number of aromatic nitrogens is 2. The van der Waals surface area contributed by atoms with Crippen molar-refractivity contribution in [3.63, 3.8) is 0 Å². The Morgan fingerprint density at radius 3 is 2.72 bits per heavy atom. The van der Waals surface area contributed by atoms with E-state index in [0.717, 1.165) is 5.69 Å². The predicted molar refractivity (Wildman–Crippen MR) is 69.5 cm³/mol. The predicted octanol–water partition coefficient (Wildman–Crippen LogP) is 2.10. The molecule has 0 aromatic carbocycles. The first-order chi connectivity index (χ1) is 8.77. The quantitative estimate of drug-likeness (QED) is 0.858. The second-order valence-corrected chi connectivity index (χ2v) is 4.03. The van der Waals surface area contributed by atoms with E-state index < -0.39 is 0 Å². The van der Waals surface area contributed by atoms with Crippen molar-refractivity contribution in [1.29, 1.82) is 0 Å². The van der Waals surface area contributed by atoms with Crippen molar-refractivity contribution >= 4 is 17.5 Å². The molecule has 1 N–H and O–H groups in total. The number of carbonyl (C=O) groups is 1. The summed E-state index contributed by atoms with van der Waals surface area (Å²) in [5.74, 6) is -0.218. The summed E-state index contributed by atoms with van der Waals surface area (Å²) >= 11 is 5.83. The van der Waals surface area contributed by atoms with Gasteiger partial charge in [-0.1, -0.05) is 17.7 Å². The van der Waals surface area contributed by atoms with Gasteiger partial charge in [0, 0.05) is 31.1 Å². The summed E-state index contributed by atoms with van der Waals surface area (Å²) in [5, 5.41) is 3.00. The summed E-state index contributed by atoms with van der Waals surface area (Å²) in [7, 11) is 0. The highest BCUT2D eigenvalue weighted by Crippen LogP contribution is 2.10. The maximum absolute atomic E-state index is 11.8. The number of rotatable bonds is 4. The highest BCUT2D eigenvalue weighted by Gasteiger charge is 2.09. The lowest BCUT2D eigenvalue weighted by molar-refractivity contribution is 0.0954. The molecule has 0 aliphatic rings. The van der Waals surface area contributed by atoms with Gasteiger partial charge in [0.15, 0.2) is 0 Å². The first kappa shape index (κ1) is 12.5. The third-order valence-corrected chi connectivity index (χ3v) is 2.70. The van der Waals surface area contributed by atoms with Gasteiger partial charge in [0.1, 0.15) is 5.15 Å². The monoisotopic (exact) mass is 261 g/mol. The Kier molecular flexibility index (Phi) is 4.25. The molecule has 92 valence electrons. The summed E-state index contributed by atoms with van der Waals surface area (Å²) in [4.78, 5) is 19.8. The third kappa shape index (κ3) is 3.28. The fourth-order valence-electron chi connectivity index (χ4n) is 1.50. The van der Waals surface area contributed by atoms with Crippen molar-refractivity contribution in [3.8, 4) is 0 Å². The maximum Gasteiger partial charge on any atom is 0.254 e. The van der Waals surface area contributed by atoms with E-state index in [4.69, 9.17) is 11.6 Å². The van der Waals surface area contributed by atoms with Crippen LogP contribution in [0.25, 0.3) is 0 Å². The lowest BCUT2D eigenvalue weighted by atomic mass is 10.2. The Bertz CT molecular complexity index is 531. The van der Waals surface area contributed by atoms with E-state index in [1.54, 1.807) is 24.5 Å². The van der Waals surface area contributed by atoms with E-state index >= 15 is 0 Å². The molecule has 0 saturated heterocycles. The summed E-state index contributed by atoms with van der Waals surface area (Å²) < 4.78 is 0. The number of nitrogens with one attached hydrogen (secondary N) is 1. The molecule has 0 fully saturated rings. The van der Waals surface area contributed by atoms with Crippen LogP contribution in [-0.4, -0.2) is 22.4 Å². The fraction of sp³-hybridized carbons (Fsp3) is 0.154. The molecule has 2 rings (SSSR count). The molecule has 0 radical (unpaired) electrons. The first-order valence-corrected chi connectivity index (χ1v) is 5.94. The number of hydrogen-bond donors (Lipinski definition) is 1. The molecular weight excluding hydrogens is 250 g/mol. The smallest absolute Gasteiger partial charge is 0.254 e. The van der Waals surface area contributed by atoms with Gasteiger partial charge >= 0.3 is 0 Å². The Hall–Kier alpha value is -1.94. The molecule has 2 heterocycles. The topological polar surface area (TPSA) is 54.9 Å². The highest BCUT2D eigenvalue weighted by atomic mass is 35.5. The Morgan fingerprint density at radius 1 is 1.17 bits per heavy atom. The van der Waals surface area contributed by atoms with E-state index in [-0.39, 0.29) is 11.1 Å². The Morgan fingerprint density at radius 2 is 2.00 bits per heavy atom. The SMILES string of the molecule is O=C(NCCc1ccccn1)c1cccnc1Cl. The van der Waals surface area contributed by atoms with Crippen LogP contribution in [0.2, 0.25) is 5.15 Å². The molecule has 18 heavy (non-hydrogen) atoms. The minimum absolute atomic E-state index is 0.216. The van der Waals surface area contributed by atoms with Crippen LogP contribution in [0.15, 0.2) is 42.7 Å². The molecule has 0 bridgehead atoms. The molecule has 5 heteroatoms. The Labute approximate surface area is 110 Å². The van der Waals surface area contributed by atoms with E-state index in [1.807, 2.05) is 18.2 Å². The molecule has 0 aliphatic carbocycles. The van der Waals surface area contributed by atoms with Gasteiger partial charge in [0.25, 0.3) is 5.91 Å². The van der Waals surface area contributed by atoms with Gasteiger partial charge in [-0.15, -0.1) is 0 Å². The average Bonchev–Trinajstić information content (AvgIpc) is 2.40. The maximum atomic E-state index is 11.8. The second-order valence-electron chi connectivity index (χ2n) is 3.67. The van der Waals surface area contributed by atoms with Gasteiger partial charge in [0.05, 0.1) is 5.56 Å². The van der Waals surface area contributed by atoms with E-state index in [9.17, 15) is 4.79 Å². The normalized spacial score (nSPS) is 10.1. The standard InChI is InChI=1S/C13H12ClN3O/c14-12-11(5-3-8-16-12)13(18)17-9-6-10-4-1-2-7-15-10/h1-5,7-8H,6,9H2,(H,17,18).